The Morgan fingerprint density at radius 1 is 1.05 bits per heavy atom. The monoisotopic (exact) mass is 278 g/mol. The lowest BCUT2D eigenvalue weighted by Crippen LogP contribution is -2.27. The maximum atomic E-state index is 12.1. The lowest BCUT2D eigenvalue weighted by Gasteiger charge is -2.15. The Bertz CT molecular complexity index is 836. The first-order valence-corrected chi connectivity index (χ1v) is 7.05. The minimum atomic E-state index is -0.200. The molecule has 1 atom stereocenters. The van der Waals surface area contributed by atoms with E-state index >= 15 is 0 Å². The van der Waals surface area contributed by atoms with E-state index in [4.69, 9.17) is 5.73 Å². The molecule has 0 aliphatic heterocycles. The Morgan fingerprint density at radius 2 is 1.81 bits per heavy atom. The van der Waals surface area contributed by atoms with Crippen LogP contribution in [-0.2, 0) is 6.54 Å². The van der Waals surface area contributed by atoms with E-state index in [0.29, 0.717) is 6.54 Å². The summed E-state index contributed by atoms with van der Waals surface area (Å²) in [6, 6.07) is 17.9. The number of nitrogens with zero attached hydrogens (tertiary/aromatic N) is 1. The molecule has 1 heterocycles. The van der Waals surface area contributed by atoms with E-state index in [9.17, 15) is 4.79 Å². The average molecular weight is 278 g/mol. The minimum Gasteiger partial charge on any atom is -0.322 e. The molecule has 0 amide bonds. The highest BCUT2D eigenvalue weighted by atomic mass is 16.1. The van der Waals surface area contributed by atoms with Crippen LogP contribution in [0.4, 0.5) is 0 Å². The molecule has 0 spiro atoms. The molecule has 1 aromatic heterocycles. The minimum absolute atomic E-state index is 0.0220. The Labute approximate surface area is 123 Å². The summed E-state index contributed by atoms with van der Waals surface area (Å²) in [5, 5.41) is 2.36. The van der Waals surface area contributed by atoms with E-state index in [-0.39, 0.29) is 11.6 Å². The molecule has 2 N–H and O–H groups in total. The molecule has 0 fully saturated rings. The number of hydrogen-bond donors (Lipinski definition) is 1. The van der Waals surface area contributed by atoms with E-state index in [0.717, 1.165) is 11.1 Å². The fraction of sp³-hybridized carbons (Fsp3) is 0.167. The second-order valence-corrected chi connectivity index (χ2v) is 5.36. The fourth-order valence-corrected chi connectivity index (χ4v) is 2.56. The van der Waals surface area contributed by atoms with Crippen molar-refractivity contribution in [3.8, 4) is 0 Å². The maximum Gasteiger partial charge on any atom is 0.253 e. The number of hydrogen-bond acceptors (Lipinski definition) is 2. The first-order chi connectivity index (χ1) is 10.1. The summed E-state index contributed by atoms with van der Waals surface area (Å²) in [5.74, 6) is 0. The summed E-state index contributed by atoms with van der Waals surface area (Å²) in [5.41, 5.74) is 8.08. The Morgan fingerprint density at radius 3 is 2.62 bits per heavy atom. The van der Waals surface area contributed by atoms with Crippen molar-refractivity contribution in [3.05, 3.63) is 82.3 Å². The largest absolute Gasteiger partial charge is 0.322 e. The summed E-state index contributed by atoms with van der Waals surface area (Å²) in [6.07, 6.45) is 1.79. The van der Waals surface area contributed by atoms with Crippen LogP contribution in [0.1, 0.15) is 17.2 Å². The van der Waals surface area contributed by atoms with Crippen LogP contribution in [0.3, 0.4) is 0 Å². The predicted molar refractivity (Wildman–Crippen MR) is 86.3 cm³/mol. The Balaban J connectivity index is 1.91. The predicted octanol–water partition coefficient (Wildman–Crippen LogP) is 3.01. The lowest BCUT2D eigenvalue weighted by atomic mass is 10.0. The Kier molecular flexibility index (Phi) is 3.59. The van der Waals surface area contributed by atoms with Gasteiger partial charge in [-0.3, -0.25) is 4.79 Å². The molecular formula is C18H18N2O. The van der Waals surface area contributed by atoms with Crippen LogP contribution >= 0.6 is 0 Å². The Hall–Kier alpha value is -2.39. The summed E-state index contributed by atoms with van der Waals surface area (Å²) in [7, 11) is 0. The molecule has 106 valence electrons. The van der Waals surface area contributed by atoms with Crippen LogP contribution in [0.5, 0.6) is 0 Å². The van der Waals surface area contributed by atoms with E-state index in [1.54, 1.807) is 10.8 Å². The zero-order chi connectivity index (χ0) is 14.8. The average Bonchev–Trinajstić information content (AvgIpc) is 2.51. The molecule has 3 rings (SSSR count). The summed E-state index contributed by atoms with van der Waals surface area (Å²) >= 11 is 0. The number of fused-ring (bicyclic) bond motifs is 1. The van der Waals surface area contributed by atoms with Gasteiger partial charge in [0.15, 0.2) is 0 Å². The van der Waals surface area contributed by atoms with Crippen molar-refractivity contribution < 1.29 is 0 Å². The number of rotatable bonds is 3. The van der Waals surface area contributed by atoms with Crippen molar-refractivity contribution in [2.45, 2.75) is 19.5 Å². The van der Waals surface area contributed by atoms with Gasteiger partial charge >= 0.3 is 0 Å². The molecule has 0 saturated heterocycles. The molecule has 1 unspecified atom stereocenters. The van der Waals surface area contributed by atoms with Gasteiger partial charge < -0.3 is 10.3 Å². The van der Waals surface area contributed by atoms with E-state index in [2.05, 4.69) is 24.3 Å². The van der Waals surface area contributed by atoms with Gasteiger partial charge in [-0.25, -0.2) is 0 Å². The summed E-state index contributed by atoms with van der Waals surface area (Å²) in [4.78, 5) is 12.1. The number of nitrogens with two attached hydrogens (primary N) is 1. The van der Waals surface area contributed by atoms with Gasteiger partial charge in [0.05, 0.1) is 0 Å². The van der Waals surface area contributed by atoms with Gasteiger partial charge in [-0.05, 0) is 35.4 Å². The van der Waals surface area contributed by atoms with Crippen molar-refractivity contribution in [1.29, 1.82) is 0 Å². The van der Waals surface area contributed by atoms with Gasteiger partial charge in [0.2, 0.25) is 0 Å². The topological polar surface area (TPSA) is 48.0 Å². The molecular weight excluding hydrogens is 260 g/mol. The van der Waals surface area contributed by atoms with Gasteiger partial charge in [0.25, 0.3) is 5.56 Å². The van der Waals surface area contributed by atoms with Crippen LogP contribution < -0.4 is 11.3 Å². The second kappa shape index (κ2) is 5.54. The van der Waals surface area contributed by atoms with Crippen LogP contribution in [0, 0.1) is 6.92 Å². The normalized spacial score (nSPS) is 12.5. The molecule has 2 aromatic carbocycles. The third-order valence-corrected chi connectivity index (χ3v) is 3.81. The third-order valence-electron chi connectivity index (χ3n) is 3.81. The zero-order valence-electron chi connectivity index (χ0n) is 12.0. The van der Waals surface area contributed by atoms with Crippen molar-refractivity contribution in [1.82, 2.24) is 4.57 Å². The van der Waals surface area contributed by atoms with Crippen LogP contribution in [0.25, 0.3) is 10.8 Å². The lowest BCUT2D eigenvalue weighted by molar-refractivity contribution is 0.560. The van der Waals surface area contributed by atoms with Crippen molar-refractivity contribution >= 4 is 10.8 Å². The maximum absolute atomic E-state index is 12.1. The first-order valence-electron chi connectivity index (χ1n) is 7.05. The summed E-state index contributed by atoms with van der Waals surface area (Å²) < 4.78 is 1.68. The number of pyridine rings is 1. The molecule has 3 aromatic rings. The molecule has 0 saturated carbocycles. The second-order valence-electron chi connectivity index (χ2n) is 5.36. The quantitative estimate of drug-likeness (QED) is 0.800. The molecule has 3 heteroatoms. The molecule has 0 bridgehead atoms. The highest BCUT2D eigenvalue weighted by molar-refractivity contribution is 5.83. The van der Waals surface area contributed by atoms with Crippen molar-refractivity contribution in [3.63, 3.8) is 0 Å². The van der Waals surface area contributed by atoms with Gasteiger partial charge in [-0.1, -0.05) is 42.5 Å². The van der Waals surface area contributed by atoms with Gasteiger partial charge in [-0.2, -0.15) is 0 Å². The van der Waals surface area contributed by atoms with Crippen LogP contribution in [0.15, 0.2) is 65.6 Å². The SMILES string of the molecule is Cc1cccn(CC(N)c2ccc3ccccc3c2)c1=O. The smallest absolute Gasteiger partial charge is 0.253 e. The first kappa shape index (κ1) is 13.6. The summed E-state index contributed by atoms with van der Waals surface area (Å²) in [6.45, 7) is 2.30. The van der Waals surface area contributed by atoms with E-state index in [1.807, 2.05) is 37.3 Å². The highest BCUT2D eigenvalue weighted by Gasteiger charge is 2.09. The molecule has 0 aliphatic rings. The number of aromatic nitrogens is 1. The molecule has 0 radical (unpaired) electrons. The van der Waals surface area contributed by atoms with Gasteiger partial charge in [0.1, 0.15) is 0 Å². The number of aryl methyl sites for hydroxylation is 1. The molecule has 0 aliphatic carbocycles. The zero-order valence-corrected chi connectivity index (χ0v) is 12.0. The van der Waals surface area contributed by atoms with Crippen molar-refractivity contribution in [2.24, 2.45) is 5.73 Å². The van der Waals surface area contributed by atoms with Gasteiger partial charge in [0, 0.05) is 24.3 Å². The standard InChI is InChI=1S/C18H18N2O/c1-13-5-4-10-20(18(13)21)12-17(19)16-9-8-14-6-2-3-7-15(14)11-16/h2-11,17H,12,19H2,1H3. The highest BCUT2D eigenvalue weighted by Crippen LogP contribution is 2.20. The van der Waals surface area contributed by atoms with Crippen LogP contribution in [-0.4, -0.2) is 4.57 Å². The van der Waals surface area contributed by atoms with E-state index < -0.39 is 0 Å². The third kappa shape index (κ3) is 2.73. The number of benzene rings is 2. The van der Waals surface area contributed by atoms with Crippen molar-refractivity contribution in [2.75, 3.05) is 0 Å². The fourth-order valence-electron chi connectivity index (χ4n) is 2.56. The van der Waals surface area contributed by atoms with E-state index in [1.165, 1.54) is 10.8 Å². The molecule has 3 nitrogen and oxygen atoms in total. The van der Waals surface area contributed by atoms with Gasteiger partial charge in [-0.15, -0.1) is 0 Å². The van der Waals surface area contributed by atoms with Crippen LogP contribution in [0.2, 0.25) is 0 Å². The molecule has 21 heavy (non-hydrogen) atoms.